The fraction of sp³-hybridized carbons (Fsp3) is 0.118. The van der Waals surface area contributed by atoms with Crippen LogP contribution in [-0.4, -0.2) is 18.0 Å². The van der Waals surface area contributed by atoms with Gasteiger partial charge in [0.2, 0.25) is 0 Å². The van der Waals surface area contributed by atoms with Gasteiger partial charge in [0.15, 0.2) is 6.10 Å². The molecule has 0 aliphatic carbocycles. The lowest BCUT2D eigenvalue weighted by molar-refractivity contribution is -0.123. The van der Waals surface area contributed by atoms with Gasteiger partial charge in [-0.3, -0.25) is 4.79 Å². The fourth-order valence-electron chi connectivity index (χ4n) is 1.74. The molecule has 6 heteroatoms. The maximum absolute atomic E-state index is 12.8. The first-order chi connectivity index (χ1) is 11.0. The molecule has 1 amide bonds. The number of anilines is 1. The molecule has 0 aromatic heterocycles. The molecule has 0 aliphatic rings. The van der Waals surface area contributed by atoms with Crippen molar-refractivity contribution in [3.63, 3.8) is 0 Å². The Kier molecular flexibility index (Phi) is 5.05. The summed E-state index contributed by atoms with van der Waals surface area (Å²) in [6.45, 7) is 1.43. The molecule has 2 rings (SSSR count). The predicted octanol–water partition coefficient (Wildman–Crippen LogP) is 2.88. The van der Waals surface area contributed by atoms with Crippen LogP contribution in [0.2, 0.25) is 0 Å². The topological polar surface area (TPSA) is 79.2 Å². The average molecular weight is 312 g/mol. The Balaban J connectivity index is 1.95. The van der Waals surface area contributed by atoms with Crippen molar-refractivity contribution >= 4 is 17.6 Å². The highest BCUT2D eigenvalue weighted by Crippen LogP contribution is 2.11. The number of nitrogens with one attached hydrogen (secondary N) is 1. The largest absolute Gasteiger partial charge is 0.449 e. The standard InChI is InChI=1S/C17H13FN2O3/c1-11(16(21)20-15-8-6-14(18)7-9-15)23-17(22)13-4-2-12(10-19)3-5-13/h2-9,11H,1H3,(H,20,21)/t11-/m0/s1. The van der Waals surface area contributed by atoms with Crippen molar-refractivity contribution in [2.75, 3.05) is 5.32 Å². The molecule has 23 heavy (non-hydrogen) atoms. The van der Waals surface area contributed by atoms with Gasteiger partial charge in [-0.2, -0.15) is 5.26 Å². The van der Waals surface area contributed by atoms with Gasteiger partial charge in [0.25, 0.3) is 5.91 Å². The number of hydrogen-bond acceptors (Lipinski definition) is 4. The molecule has 0 heterocycles. The van der Waals surface area contributed by atoms with E-state index < -0.39 is 23.8 Å². The minimum atomic E-state index is -1.02. The molecule has 0 radical (unpaired) electrons. The van der Waals surface area contributed by atoms with Crippen molar-refractivity contribution in [2.45, 2.75) is 13.0 Å². The first-order valence-corrected chi connectivity index (χ1v) is 6.77. The molecule has 1 atom stereocenters. The molecular formula is C17H13FN2O3. The summed E-state index contributed by atoms with van der Waals surface area (Å²) in [4.78, 5) is 23.9. The number of nitrogens with zero attached hydrogens (tertiary/aromatic N) is 1. The van der Waals surface area contributed by atoms with Gasteiger partial charge < -0.3 is 10.1 Å². The second-order valence-electron chi connectivity index (χ2n) is 4.73. The lowest BCUT2D eigenvalue weighted by Gasteiger charge is -2.13. The van der Waals surface area contributed by atoms with Gasteiger partial charge in [0.1, 0.15) is 5.82 Å². The summed E-state index contributed by atoms with van der Waals surface area (Å²) in [6, 6.07) is 13.0. The second-order valence-corrected chi connectivity index (χ2v) is 4.73. The highest BCUT2D eigenvalue weighted by atomic mass is 19.1. The monoisotopic (exact) mass is 312 g/mol. The van der Waals surface area contributed by atoms with Gasteiger partial charge in [-0.1, -0.05) is 0 Å². The number of carbonyl (C=O) groups is 2. The normalized spacial score (nSPS) is 11.2. The minimum Gasteiger partial charge on any atom is -0.449 e. The van der Waals surface area contributed by atoms with E-state index in [0.717, 1.165) is 0 Å². The number of esters is 1. The van der Waals surface area contributed by atoms with Gasteiger partial charge in [-0.25, -0.2) is 9.18 Å². The summed E-state index contributed by atoms with van der Waals surface area (Å²) >= 11 is 0. The second kappa shape index (κ2) is 7.18. The van der Waals surface area contributed by atoms with Crippen LogP contribution in [0.3, 0.4) is 0 Å². The van der Waals surface area contributed by atoms with Crippen LogP contribution in [-0.2, 0) is 9.53 Å². The molecule has 5 nitrogen and oxygen atoms in total. The Morgan fingerprint density at radius 3 is 2.30 bits per heavy atom. The van der Waals surface area contributed by atoms with E-state index in [1.807, 2.05) is 6.07 Å². The van der Waals surface area contributed by atoms with Crippen LogP contribution in [0.15, 0.2) is 48.5 Å². The fourth-order valence-corrected chi connectivity index (χ4v) is 1.74. The third kappa shape index (κ3) is 4.38. The van der Waals surface area contributed by atoms with Crippen molar-refractivity contribution in [1.29, 1.82) is 5.26 Å². The van der Waals surface area contributed by atoms with Crippen LogP contribution in [0.1, 0.15) is 22.8 Å². The SMILES string of the molecule is C[C@H](OC(=O)c1ccc(C#N)cc1)C(=O)Nc1ccc(F)cc1. The van der Waals surface area contributed by atoms with E-state index >= 15 is 0 Å². The molecule has 0 aliphatic heterocycles. The minimum absolute atomic E-state index is 0.241. The number of ether oxygens (including phenoxy) is 1. The molecule has 0 unspecified atom stereocenters. The number of halogens is 1. The number of amides is 1. The summed E-state index contributed by atoms with van der Waals surface area (Å²) in [7, 11) is 0. The Morgan fingerprint density at radius 1 is 1.13 bits per heavy atom. The van der Waals surface area contributed by atoms with Gasteiger partial charge in [-0.15, -0.1) is 0 Å². The Morgan fingerprint density at radius 2 is 1.74 bits per heavy atom. The van der Waals surface area contributed by atoms with E-state index in [1.54, 1.807) is 0 Å². The Labute approximate surface area is 132 Å². The van der Waals surface area contributed by atoms with Crippen LogP contribution in [0.5, 0.6) is 0 Å². The van der Waals surface area contributed by atoms with Gasteiger partial charge in [-0.05, 0) is 55.5 Å². The van der Waals surface area contributed by atoms with Gasteiger partial charge in [0, 0.05) is 5.69 Å². The maximum Gasteiger partial charge on any atom is 0.338 e. The van der Waals surface area contributed by atoms with Crippen molar-refractivity contribution in [3.05, 3.63) is 65.5 Å². The predicted molar refractivity (Wildman–Crippen MR) is 81.1 cm³/mol. The van der Waals surface area contributed by atoms with Crippen LogP contribution in [0.25, 0.3) is 0 Å². The lowest BCUT2D eigenvalue weighted by atomic mass is 10.1. The van der Waals surface area contributed by atoms with Crippen LogP contribution in [0.4, 0.5) is 10.1 Å². The molecule has 0 saturated heterocycles. The highest BCUT2D eigenvalue weighted by molar-refractivity contribution is 5.97. The smallest absolute Gasteiger partial charge is 0.338 e. The van der Waals surface area contributed by atoms with Crippen LogP contribution < -0.4 is 5.32 Å². The first-order valence-electron chi connectivity index (χ1n) is 6.77. The van der Waals surface area contributed by atoms with Crippen LogP contribution >= 0.6 is 0 Å². The lowest BCUT2D eigenvalue weighted by Crippen LogP contribution is -2.30. The van der Waals surface area contributed by atoms with E-state index in [1.165, 1.54) is 55.5 Å². The third-order valence-electron chi connectivity index (χ3n) is 3.01. The van der Waals surface area contributed by atoms with E-state index in [9.17, 15) is 14.0 Å². The number of rotatable bonds is 4. The first kappa shape index (κ1) is 16.2. The van der Waals surface area contributed by atoms with Crippen molar-refractivity contribution in [2.24, 2.45) is 0 Å². The molecule has 2 aromatic carbocycles. The van der Waals surface area contributed by atoms with Crippen molar-refractivity contribution < 1.29 is 18.7 Å². The molecule has 0 saturated carbocycles. The van der Waals surface area contributed by atoms with E-state index in [0.29, 0.717) is 11.3 Å². The zero-order valence-corrected chi connectivity index (χ0v) is 12.2. The maximum atomic E-state index is 12.8. The summed E-state index contributed by atoms with van der Waals surface area (Å²) in [6.07, 6.45) is -1.02. The van der Waals surface area contributed by atoms with Gasteiger partial charge in [0.05, 0.1) is 17.2 Å². The number of hydrogen-bond donors (Lipinski definition) is 1. The third-order valence-corrected chi connectivity index (χ3v) is 3.01. The number of nitriles is 1. The van der Waals surface area contributed by atoms with Crippen molar-refractivity contribution in [1.82, 2.24) is 0 Å². The zero-order chi connectivity index (χ0) is 16.8. The van der Waals surface area contributed by atoms with E-state index in [-0.39, 0.29) is 5.56 Å². The Hall–Kier alpha value is -3.20. The van der Waals surface area contributed by atoms with Gasteiger partial charge >= 0.3 is 5.97 Å². The van der Waals surface area contributed by atoms with E-state index in [4.69, 9.17) is 10.00 Å². The molecule has 0 bridgehead atoms. The van der Waals surface area contributed by atoms with Crippen LogP contribution in [0, 0.1) is 17.1 Å². The molecule has 2 aromatic rings. The van der Waals surface area contributed by atoms with E-state index in [2.05, 4.69) is 5.32 Å². The number of carbonyl (C=O) groups excluding carboxylic acids is 2. The highest BCUT2D eigenvalue weighted by Gasteiger charge is 2.19. The summed E-state index contributed by atoms with van der Waals surface area (Å²) in [5.74, 6) is -1.61. The average Bonchev–Trinajstić information content (AvgIpc) is 2.56. The molecular weight excluding hydrogens is 299 g/mol. The summed E-state index contributed by atoms with van der Waals surface area (Å²) in [5, 5.41) is 11.2. The Bertz CT molecular complexity index is 749. The summed E-state index contributed by atoms with van der Waals surface area (Å²) < 4.78 is 17.9. The molecule has 1 N–H and O–H groups in total. The van der Waals surface area contributed by atoms with Crippen molar-refractivity contribution in [3.8, 4) is 6.07 Å². The molecule has 0 fully saturated rings. The quantitative estimate of drug-likeness (QED) is 0.880. The number of benzene rings is 2. The zero-order valence-electron chi connectivity index (χ0n) is 12.2. The molecule has 116 valence electrons. The molecule has 0 spiro atoms. The summed E-state index contributed by atoms with van der Waals surface area (Å²) in [5.41, 5.74) is 1.06.